The highest BCUT2D eigenvalue weighted by atomic mass is 79.9. The molecule has 0 radical (unpaired) electrons. The second kappa shape index (κ2) is 6.30. The van der Waals surface area contributed by atoms with Crippen LogP contribution in [0.2, 0.25) is 0 Å². The van der Waals surface area contributed by atoms with Crippen molar-refractivity contribution in [3.05, 3.63) is 44.2 Å². The van der Waals surface area contributed by atoms with Crippen molar-refractivity contribution < 1.29 is 9.90 Å². The van der Waals surface area contributed by atoms with Gasteiger partial charge in [0.15, 0.2) is 0 Å². The number of aromatic hydroxyl groups is 1. The lowest BCUT2D eigenvalue weighted by Crippen LogP contribution is -2.39. The van der Waals surface area contributed by atoms with Crippen LogP contribution in [0, 0.1) is 0 Å². The molecule has 25 heavy (non-hydrogen) atoms. The highest BCUT2D eigenvalue weighted by molar-refractivity contribution is 9.10. The third-order valence-corrected chi connectivity index (χ3v) is 6.54. The Labute approximate surface area is 159 Å². The van der Waals surface area contributed by atoms with E-state index in [0.29, 0.717) is 11.6 Å². The molecule has 7 heteroatoms. The summed E-state index contributed by atoms with van der Waals surface area (Å²) in [6, 6.07) is 5.73. The Balaban J connectivity index is 1.68. The molecular weight excluding hydrogens is 402 g/mol. The van der Waals surface area contributed by atoms with Gasteiger partial charge in [0.25, 0.3) is 5.91 Å². The Morgan fingerprint density at radius 1 is 1.36 bits per heavy atom. The monoisotopic (exact) mass is 421 g/mol. The first-order valence-electron chi connectivity index (χ1n) is 8.38. The predicted molar refractivity (Wildman–Crippen MR) is 103 cm³/mol. The van der Waals surface area contributed by atoms with E-state index in [0.717, 1.165) is 34.5 Å². The number of fused-ring (bicyclic) bond motifs is 3. The van der Waals surface area contributed by atoms with Crippen molar-refractivity contribution >= 4 is 38.2 Å². The van der Waals surface area contributed by atoms with Crippen molar-refractivity contribution in [2.45, 2.75) is 39.0 Å². The number of thiophene rings is 1. The van der Waals surface area contributed by atoms with E-state index in [2.05, 4.69) is 45.3 Å². The van der Waals surface area contributed by atoms with Crippen LogP contribution in [0.3, 0.4) is 0 Å². The van der Waals surface area contributed by atoms with E-state index in [1.54, 1.807) is 23.5 Å². The van der Waals surface area contributed by atoms with Gasteiger partial charge >= 0.3 is 0 Å². The summed E-state index contributed by atoms with van der Waals surface area (Å²) >= 11 is 5.09. The lowest BCUT2D eigenvalue weighted by Gasteiger charge is -2.31. The molecule has 5 nitrogen and oxygen atoms in total. The molecule has 3 N–H and O–H groups in total. The van der Waals surface area contributed by atoms with Crippen molar-refractivity contribution in [2.24, 2.45) is 0 Å². The number of hydrogen-bond acceptors (Lipinski definition) is 5. The summed E-state index contributed by atoms with van der Waals surface area (Å²) in [5.74, 6) is 0.102. The molecule has 0 saturated carbocycles. The number of amides is 1. The van der Waals surface area contributed by atoms with Crippen molar-refractivity contribution in [3.63, 3.8) is 0 Å². The smallest absolute Gasteiger partial charge is 0.256 e. The molecule has 1 atom stereocenters. The van der Waals surface area contributed by atoms with Gasteiger partial charge in [-0.15, -0.1) is 11.3 Å². The van der Waals surface area contributed by atoms with Gasteiger partial charge in [-0.05, 0) is 44.0 Å². The first-order valence-corrected chi connectivity index (χ1v) is 9.99. The number of halogens is 1. The fraction of sp³-hybridized carbons (Fsp3) is 0.389. The van der Waals surface area contributed by atoms with Gasteiger partial charge in [-0.25, -0.2) is 0 Å². The van der Waals surface area contributed by atoms with Crippen LogP contribution in [0.1, 0.15) is 46.4 Å². The number of benzene rings is 1. The fourth-order valence-electron chi connectivity index (χ4n) is 3.49. The van der Waals surface area contributed by atoms with Crippen molar-refractivity contribution in [1.29, 1.82) is 0 Å². The summed E-state index contributed by atoms with van der Waals surface area (Å²) in [6.45, 7) is 6.29. The number of carbonyl (C=O) groups excluding carboxylic acids is 1. The number of carbonyl (C=O) groups is 1. The van der Waals surface area contributed by atoms with Crippen molar-refractivity contribution in [3.8, 4) is 5.75 Å². The Morgan fingerprint density at radius 2 is 2.16 bits per heavy atom. The zero-order valence-corrected chi connectivity index (χ0v) is 16.5. The normalized spacial score (nSPS) is 20.0. The molecule has 0 spiro atoms. The van der Waals surface area contributed by atoms with Crippen molar-refractivity contribution in [1.82, 2.24) is 10.2 Å². The maximum Gasteiger partial charge on any atom is 0.256 e. The Kier molecular flexibility index (Phi) is 4.25. The molecule has 0 fully saturated rings. The summed E-state index contributed by atoms with van der Waals surface area (Å²) < 4.78 is 0.861. The Bertz CT molecular complexity index is 849. The molecule has 1 unspecified atom stereocenters. The average Bonchev–Trinajstić information content (AvgIpc) is 2.94. The quantitative estimate of drug-likeness (QED) is 0.688. The van der Waals surface area contributed by atoms with E-state index in [-0.39, 0.29) is 11.7 Å². The molecule has 2 aliphatic rings. The number of anilines is 1. The summed E-state index contributed by atoms with van der Waals surface area (Å²) in [7, 11) is 0. The molecule has 2 aliphatic heterocycles. The van der Waals surface area contributed by atoms with E-state index < -0.39 is 6.17 Å². The number of phenols is 1. The van der Waals surface area contributed by atoms with E-state index in [1.807, 2.05) is 6.07 Å². The fourth-order valence-corrected chi connectivity index (χ4v) is 5.17. The van der Waals surface area contributed by atoms with Gasteiger partial charge in [0.2, 0.25) is 0 Å². The minimum atomic E-state index is -0.432. The first kappa shape index (κ1) is 16.9. The lowest BCUT2D eigenvalue weighted by atomic mass is 9.99. The molecule has 0 bridgehead atoms. The van der Waals surface area contributed by atoms with Crippen LogP contribution >= 0.6 is 27.3 Å². The summed E-state index contributed by atoms with van der Waals surface area (Å²) in [4.78, 5) is 16.5. The SMILES string of the molecule is CC(C)N1CCc2c(sc3c2C(=O)NC(c2cc(Br)ccc2O)N3)C1. The Morgan fingerprint density at radius 3 is 2.92 bits per heavy atom. The second-order valence-electron chi connectivity index (χ2n) is 6.78. The van der Waals surface area contributed by atoms with Crippen LogP contribution < -0.4 is 10.6 Å². The van der Waals surface area contributed by atoms with Gasteiger partial charge < -0.3 is 15.7 Å². The van der Waals surface area contributed by atoms with Crippen LogP contribution in [0.15, 0.2) is 22.7 Å². The molecule has 1 aromatic carbocycles. The number of hydrogen-bond donors (Lipinski definition) is 3. The van der Waals surface area contributed by atoms with E-state index >= 15 is 0 Å². The zero-order valence-electron chi connectivity index (χ0n) is 14.1. The zero-order chi connectivity index (χ0) is 17.7. The predicted octanol–water partition coefficient (Wildman–Crippen LogP) is 3.84. The Hall–Kier alpha value is -1.57. The molecule has 3 heterocycles. The molecule has 4 rings (SSSR count). The maximum atomic E-state index is 12.8. The molecule has 1 amide bonds. The van der Waals surface area contributed by atoms with Crippen LogP contribution in [-0.2, 0) is 13.0 Å². The number of nitrogens with zero attached hydrogens (tertiary/aromatic N) is 1. The molecule has 132 valence electrons. The minimum absolute atomic E-state index is 0.0615. The number of rotatable bonds is 2. The molecule has 2 aromatic rings. The molecule has 0 aliphatic carbocycles. The minimum Gasteiger partial charge on any atom is -0.508 e. The highest BCUT2D eigenvalue weighted by Crippen LogP contribution is 2.42. The van der Waals surface area contributed by atoms with Crippen LogP contribution in [0.5, 0.6) is 5.75 Å². The summed E-state index contributed by atoms with van der Waals surface area (Å²) in [5.41, 5.74) is 2.62. The molecule has 1 aromatic heterocycles. The molecular formula is C18H20BrN3O2S. The van der Waals surface area contributed by atoms with E-state index in [1.165, 1.54) is 10.4 Å². The van der Waals surface area contributed by atoms with Crippen molar-refractivity contribution in [2.75, 3.05) is 11.9 Å². The second-order valence-corrected chi connectivity index (χ2v) is 8.80. The molecule has 0 saturated heterocycles. The van der Waals surface area contributed by atoms with Gasteiger partial charge in [0.05, 0.1) is 5.56 Å². The third-order valence-electron chi connectivity index (χ3n) is 4.90. The van der Waals surface area contributed by atoms with Gasteiger partial charge in [0, 0.05) is 34.0 Å². The van der Waals surface area contributed by atoms with Gasteiger partial charge in [-0.3, -0.25) is 9.69 Å². The standard InChI is InChI=1S/C18H20BrN3O2S/c1-9(2)22-6-5-11-14(8-22)25-18-15(11)17(24)20-16(21-18)12-7-10(19)3-4-13(12)23/h3-4,7,9,16,21,23H,5-6,8H2,1-2H3,(H,20,24). The van der Waals surface area contributed by atoms with Gasteiger partial charge in [-0.2, -0.15) is 0 Å². The lowest BCUT2D eigenvalue weighted by molar-refractivity contribution is 0.0934. The average molecular weight is 422 g/mol. The largest absolute Gasteiger partial charge is 0.508 e. The highest BCUT2D eigenvalue weighted by Gasteiger charge is 2.34. The first-order chi connectivity index (χ1) is 11.9. The summed E-state index contributed by atoms with van der Waals surface area (Å²) in [6.07, 6.45) is 0.472. The van der Waals surface area contributed by atoms with Crippen LogP contribution in [0.25, 0.3) is 0 Å². The van der Waals surface area contributed by atoms with E-state index in [9.17, 15) is 9.90 Å². The van der Waals surface area contributed by atoms with Crippen LogP contribution in [0.4, 0.5) is 5.00 Å². The van der Waals surface area contributed by atoms with Gasteiger partial charge in [-0.1, -0.05) is 15.9 Å². The topological polar surface area (TPSA) is 64.6 Å². The number of nitrogens with one attached hydrogen (secondary N) is 2. The van der Waals surface area contributed by atoms with Crippen LogP contribution in [-0.4, -0.2) is 28.5 Å². The maximum absolute atomic E-state index is 12.8. The number of phenolic OH excluding ortho intramolecular Hbond substituents is 1. The summed E-state index contributed by atoms with van der Waals surface area (Å²) in [5, 5.41) is 17.5. The third kappa shape index (κ3) is 2.94. The van der Waals surface area contributed by atoms with Gasteiger partial charge in [0.1, 0.15) is 16.9 Å². The van der Waals surface area contributed by atoms with E-state index in [4.69, 9.17) is 0 Å².